The van der Waals surface area contributed by atoms with Crippen molar-refractivity contribution in [1.29, 1.82) is 0 Å². The van der Waals surface area contributed by atoms with Crippen LogP contribution in [-0.4, -0.2) is 30.7 Å². The molecule has 5 heteroatoms. The topological polar surface area (TPSA) is 49.4 Å². The number of anilines is 1. The molecule has 1 aliphatic heterocycles. The van der Waals surface area contributed by atoms with Crippen LogP contribution in [0.15, 0.2) is 53.4 Å². The smallest absolute Gasteiger partial charge is 0.252 e. The summed E-state index contributed by atoms with van der Waals surface area (Å²) in [6.07, 6.45) is 1.80. The third kappa shape index (κ3) is 4.04. The fraction of sp³-hybridized carbons (Fsp3) is 0.300. The molecule has 1 heterocycles. The van der Waals surface area contributed by atoms with Gasteiger partial charge < -0.3 is 10.2 Å². The summed E-state index contributed by atoms with van der Waals surface area (Å²) < 4.78 is 0. The quantitative estimate of drug-likeness (QED) is 0.808. The van der Waals surface area contributed by atoms with E-state index in [1.165, 1.54) is 17.3 Å². The van der Waals surface area contributed by atoms with Crippen LogP contribution >= 0.6 is 11.8 Å². The first-order valence-electron chi connectivity index (χ1n) is 8.59. The van der Waals surface area contributed by atoms with Crippen molar-refractivity contribution in [2.75, 3.05) is 23.7 Å². The second kappa shape index (κ2) is 8.21. The third-order valence-corrected chi connectivity index (χ3v) is 5.26. The Morgan fingerprint density at radius 1 is 1.12 bits per heavy atom. The van der Waals surface area contributed by atoms with E-state index in [4.69, 9.17) is 0 Å². The Bertz CT molecular complexity index is 776. The molecule has 4 nitrogen and oxygen atoms in total. The van der Waals surface area contributed by atoms with Crippen LogP contribution in [0.2, 0.25) is 0 Å². The molecule has 0 saturated heterocycles. The predicted octanol–water partition coefficient (Wildman–Crippen LogP) is 3.51. The van der Waals surface area contributed by atoms with E-state index >= 15 is 0 Å². The zero-order chi connectivity index (χ0) is 17.6. The Hall–Kier alpha value is -2.27. The summed E-state index contributed by atoms with van der Waals surface area (Å²) in [7, 11) is 0. The Labute approximate surface area is 152 Å². The lowest BCUT2D eigenvalue weighted by Crippen LogP contribution is -2.30. The van der Waals surface area contributed by atoms with E-state index in [9.17, 15) is 9.59 Å². The van der Waals surface area contributed by atoms with E-state index in [-0.39, 0.29) is 11.8 Å². The molecule has 0 aromatic heterocycles. The van der Waals surface area contributed by atoms with Gasteiger partial charge in [-0.1, -0.05) is 37.3 Å². The molecular weight excluding hydrogens is 332 g/mol. The lowest BCUT2D eigenvalue weighted by atomic mass is 10.2. The van der Waals surface area contributed by atoms with Crippen molar-refractivity contribution in [3.63, 3.8) is 0 Å². The van der Waals surface area contributed by atoms with Crippen LogP contribution in [-0.2, 0) is 11.2 Å². The van der Waals surface area contributed by atoms with Crippen LogP contribution in [0.4, 0.5) is 5.69 Å². The van der Waals surface area contributed by atoms with Crippen LogP contribution in [0.3, 0.4) is 0 Å². The Balaban J connectivity index is 1.66. The highest BCUT2D eigenvalue weighted by Crippen LogP contribution is 2.29. The number of rotatable bonds is 6. The SMILES string of the molecule is CCCNC(=O)c1ccccc1SCC(=O)N1CCc2ccccc21. The van der Waals surface area contributed by atoms with Gasteiger partial charge in [-0.2, -0.15) is 0 Å². The number of carbonyl (C=O) groups excluding carboxylic acids is 2. The molecule has 130 valence electrons. The number of carbonyl (C=O) groups is 2. The van der Waals surface area contributed by atoms with Gasteiger partial charge in [0.25, 0.3) is 5.91 Å². The molecule has 1 N–H and O–H groups in total. The number of nitrogens with zero attached hydrogens (tertiary/aromatic N) is 1. The summed E-state index contributed by atoms with van der Waals surface area (Å²) >= 11 is 1.43. The molecule has 3 rings (SSSR count). The van der Waals surface area contributed by atoms with Crippen molar-refractivity contribution in [1.82, 2.24) is 5.32 Å². The Morgan fingerprint density at radius 2 is 1.88 bits per heavy atom. The van der Waals surface area contributed by atoms with Crippen molar-refractivity contribution in [2.24, 2.45) is 0 Å². The van der Waals surface area contributed by atoms with Crippen molar-refractivity contribution < 1.29 is 9.59 Å². The molecule has 0 aliphatic carbocycles. The van der Waals surface area contributed by atoms with Gasteiger partial charge in [0.1, 0.15) is 0 Å². The summed E-state index contributed by atoms with van der Waals surface area (Å²) in [6.45, 7) is 3.41. The molecule has 0 unspecified atom stereocenters. The Morgan fingerprint density at radius 3 is 2.72 bits per heavy atom. The number of fused-ring (bicyclic) bond motifs is 1. The summed E-state index contributed by atoms with van der Waals surface area (Å²) in [5, 5.41) is 2.90. The van der Waals surface area contributed by atoms with E-state index in [0.717, 1.165) is 30.0 Å². The number of hydrogen-bond donors (Lipinski definition) is 1. The maximum atomic E-state index is 12.6. The minimum absolute atomic E-state index is 0.0797. The van der Waals surface area contributed by atoms with E-state index in [0.29, 0.717) is 17.9 Å². The molecule has 2 amide bonds. The van der Waals surface area contributed by atoms with Gasteiger partial charge in [0.15, 0.2) is 0 Å². The zero-order valence-electron chi connectivity index (χ0n) is 14.3. The fourth-order valence-electron chi connectivity index (χ4n) is 2.93. The number of thioether (sulfide) groups is 1. The number of para-hydroxylation sites is 1. The van der Waals surface area contributed by atoms with Crippen molar-refractivity contribution >= 4 is 29.3 Å². The van der Waals surface area contributed by atoms with Gasteiger partial charge in [-0.3, -0.25) is 9.59 Å². The zero-order valence-corrected chi connectivity index (χ0v) is 15.1. The fourth-order valence-corrected chi connectivity index (χ4v) is 3.85. The first-order chi connectivity index (χ1) is 12.2. The summed E-state index contributed by atoms with van der Waals surface area (Å²) in [5.74, 6) is 0.328. The minimum atomic E-state index is -0.0797. The lowest BCUT2D eigenvalue weighted by molar-refractivity contribution is -0.116. The van der Waals surface area contributed by atoms with Crippen molar-refractivity contribution in [2.45, 2.75) is 24.7 Å². The van der Waals surface area contributed by atoms with Crippen LogP contribution in [0.25, 0.3) is 0 Å². The number of benzene rings is 2. The van der Waals surface area contributed by atoms with Crippen molar-refractivity contribution in [3.8, 4) is 0 Å². The van der Waals surface area contributed by atoms with E-state index < -0.39 is 0 Å². The van der Waals surface area contributed by atoms with Crippen LogP contribution in [0.1, 0.15) is 29.3 Å². The molecule has 2 aromatic rings. The lowest BCUT2D eigenvalue weighted by Gasteiger charge is -2.17. The molecule has 1 aliphatic rings. The average Bonchev–Trinajstić information content (AvgIpc) is 3.08. The normalized spacial score (nSPS) is 12.8. The maximum Gasteiger partial charge on any atom is 0.252 e. The first-order valence-corrected chi connectivity index (χ1v) is 9.57. The third-order valence-electron chi connectivity index (χ3n) is 4.21. The monoisotopic (exact) mass is 354 g/mol. The second-order valence-electron chi connectivity index (χ2n) is 5.96. The van der Waals surface area contributed by atoms with Crippen molar-refractivity contribution in [3.05, 3.63) is 59.7 Å². The number of amides is 2. The van der Waals surface area contributed by atoms with Gasteiger partial charge in [0, 0.05) is 23.7 Å². The average molecular weight is 354 g/mol. The second-order valence-corrected chi connectivity index (χ2v) is 6.98. The molecule has 0 radical (unpaired) electrons. The summed E-state index contributed by atoms with van der Waals surface area (Å²) in [4.78, 5) is 27.6. The van der Waals surface area contributed by atoms with E-state index in [1.807, 2.05) is 54.3 Å². The van der Waals surface area contributed by atoms with Crippen LogP contribution < -0.4 is 10.2 Å². The first kappa shape index (κ1) is 17.5. The van der Waals surface area contributed by atoms with Gasteiger partial charge in [-0.15, -0.1) is 11.8 Å². The number of hydrogen-bond acceptors (Lipinski definition) is 3. The molecule has 0 atom stereocenters. The maximum absolute atomic E-state index is 12.6. The molecule has 0 bridgehead atoms. The molecule has 0 spiro atoms. The van der Waals surface area contributed by atoms with Gasteiger partial charge in [0.2, 0.25) is 5.91 Å². The van der Waals surface area contributed by atoms with Gasteiger partial charge >= 0.3 is 0 Å². The molecule has 2 aromatic carbocycles. The number of nitrogens with one attached hydrogen (secondary N) is 1. The van der Waals surface area contributed by atoms with E-state index in [1.54, 1.807) is 0 Å². The minimum Gasteiger partial charge on any atom is -0.352 e. The van der Waals surface area contributed by atoms with Gasteiger partial charge in [-0.25, -0.2) is 0 Å². The largest absolute Gasteiger partial charge is 0.352 e. The highest BCUT2D eigenvalue weighted by molar-refractivity contribution is 8.00. The molecule has 0 saturated carbocycles. The standard InChI is InChI=1S/C20H22N2O2S/c1-2-12-21-20(24)16-8-4-6-10-18(16)25-14-19(23)22-13-11-15-7-3-5-9-17(15)22/h3-10H,2,11-14H2,1H3,(H,21,24). The highest BCUT2D eigenvalue weighted by Gasteiger charge is 2.24. The Kier molecular flexibility index (Phi) is 5.76. The van der Waals surface area contributed by atoms with Gasteiger partial charge in [0.05, 0.1) is 11.3 Å². The van der Waals surface area contributed by atoms with Crippen LogP contribution in [0.5, 0.6) is 0 Å². The van der Waals surface area contributed by atoms with E-state index in [2.05, 4.69) is 11.4 Å². The predicted molar refractivity (Wildman–Crippen MR) is 102 cm³/mol. The van der Waals surface area contributed by atoms with Gasteiger partial charge in [-0.05, 0) is 36.6 Å². The summed E-state index contributed by atoms with van der Waals surface area (Å²) in [5.41, 5.74) is 2.87. The van der Waals surface area contributed by atoms with Crippen LogP contribution in [0, 0.1) is 0 Å². The summed E-state index contributed by atoms with van der Waals surface area (Å²) in [6, 6.07) is 15.5. The molecule has 0 fully saturated rings. The molecule has 25 heavy (non-hydrogen) atoms. The highest BCUT2D eigenvalue weighted by atomic mass is 32.2. The molecular formula is C20H22N2O2S.